The van der Waals surface area contributed by atoms with E-state index in [0.29, 0.717) is 0 Å². The molecule has 0 atom stereocenters. The minimum absolute atomic E-state index is 0.260. The van der Waals surface area contributed by atoms with Gasteiger partial charge in [0.25, 0.3) is 0 Å². The van der Waals surface area contributed by atoms with Crippen LogP contribution in [-0.2, 0) is 5.75 Å². The van der Waals surface area contributed by atoms with Gasteiger partial charge in [-0.2, -0.15) is 0 Å². The van der Waals surface area contributed by atoms with E-state index in [2.05, 4.69) is 43.0 Å². The van der Waals surface area contributed by atoms with Gasteiger partial charge in [0.1, 0.15) is 11.6 Å². The van der Waals surface area contributed by atoms with E-state index in [4.69, 9.17) is 0 Å². The van der Waals surface area contributed by atoms with Gasteiger partial charge in [-0.05, 0) is 12.5 Å². The Hall–Kier alpha value is -0.770. The van der Waals surface area contributed by atoms with Gasteiger partial charge in [0, 0.05) is 17.5 Å². The fourth-order valence-corrected chi connectivity index (χ4v) is 1.80. The standard InChI is InChI=1S/C12H21N3S/c1-5-7-13-10-6-8-14-11(15-10)9-16-12(2,3)4/h6,8H,5,7,9H2,1-4H3,(H,13,14,15). The molecule has 90 valence electrons. The zero-order chi connectivity index (χ0) is 12.0. The molecule has 1 N–H and O–H groups in total. The molecule has 16 heavy (non-hydrogen) atoms. The van der Waals surface area contributed by atoms with E-state index < -0.39 is 0 Å². The largest absolute Gasteiger partial charge is 0.370 e. The highest BCUT2D eigenvalue weighted by Crippen LogP contribution is 2.25. The molecular weight excluding hydrogens is 218 g/mol. The summed E-state index contributed by atoms with van der Waals surface area (Å²) in [5, 5.41) is 3.27. The van der Waals surface area contributed by atoms with Gasteiger partial charge in [-0.1, -0.05) is 27.7 Å². The van der Waals surface area contributed by atoms with Crippen LogP contribution in [0.3, 0.4) is 0 Å². The molecule has 0 saturated carbocycles. The maximum Gasteiger partial charge on any atom is 0.140 e. The van der Waals surface area contributed by atoms with Crippen molar-refractivity contribution in [2.75, 3.05) is 11.9 Å². The van der Waals surface area contributed by atoms with E-state index in [1.165, 1.54) is 0 Å². The molecule has 0 spiro atoms. The summed E-state index contributed by atoms with van der Waals surface area (Å²) in [5.41, 5.74) is 0. The van der Waals surface area contributed by atoms with Crippen molar-refractivity contribution in [3.63, 3.8) is 0 Å². The Kier molecular flexibility index (Phi) is 5.06. The first-order valence-corrected chi connectivity index (χ1v) is 6.69. The van der Waals surface area contributed by atoms with Gasteiger partial charge in [-0.3, -0.25) is 0 Å². The predicted molar refractivity (Wildman–Crippen MR) is 71.9 cm³/mol. The van der Waals surface area contributed by atoms with E-state index in [1.54, 1.807) is 0 Å². The van der Waals surface area contributed by atoms with Crippen LogP contribution in [0.15, 0.2) is 12.3 Å². The van der Waals surface area contributed by atoms with Gasteiger partial charge in [0.15, 0.2) is 0 Å². The summed E-state index contributed by atoms with van der Waals surface area (Å²) in [6, 6.07) is 1.92. The van der Waals surface area contributed by atoms with Crippen LogP contribution in [-0.4, -0.2) is 21.3 Å². The highest BCUT2D eigenvalue weighted by atomic mass is 32.2. The Balaban J connectivity index is 2.53. The summed E-state index contributed by atoms with van der Waals surface area (Å²) in [5.74, 6) is 2.70. The summed E-state index contributed by atoms with van der Waals surface area (Å²) in [6.07, 6.45) is 2.93. The second-order valence-corrected chi connectivity index (χ2v) is 6.49. The van der Waals surface area contributed by atoms with Crippen LogP contribution < -0.4 is 5.32 Å². The Morgan fingerprint density at radius 3 is 2.75 bits per heavy atom. The van der Waals surface area contributed by atoms with Crippen molar-refractivity contribution in [3.05, 3.63) is 18.1 Å². The first-order chi connectivity index (χ1) is 7.51. The van der Waals surface area contributed by atoms with Crippen molar-refractivity contribution < 1.29 is 0 Å². The summed E-state index contributed by atoms with van der Waals surface area (Å²) in [7, 11) is 0. The normalized spacial score (nSPS) is 11.5. The highest BCUT2D eigenvalue weighted by Gasteiger charge is 2.11. The SMILES string of the molecule is CCCNc1ccnc(CSC(C)(C)C)n1. The quantitative estimate of drug-likeness (QED) is 0.855. The average molecular weight is 239 g/mol. The first kappa shape index (κ1) is 13.3. The van der Waals surface area contributed by atoms with Gasteiger partial charge in [0.05, 0.1) is 5.75 Å². The maximum atomic E-state index is 4.47. The van der Waals surface area contributed by atoms with Crippen LogP contribution in [0.1, 0.15) is 39.9 Å². The minimum Gasteiger partial charge on any atom is -0.370 e. The second-order valence-electron chi connectivity index (χ2n) is 4.69. The second kappa shape index (κ2) is 6.09. The topological polar surface area (TPSA) is 37.8 Å². The van der Waals surface area contributed by atoms with Crippen molar-refractivity contribution in [1.29, 1.82) is 0 Å². The van der Waals surface area contributed by atoms with E-state index in [1.807, 2.05) is 24.0 Å². The Morgan fingerprint density at radius 2 is 2.12 bits per heavy atom. The minimum atomic E-state index is 0.260. The van der Waals surface area contributed by atoms with Crippen LogP contribution >= 0.6 is 11.8 Å². The summed E-state index contributed by atoms with van der Waals surface area (Å²) >= 11 is 1.87. The van der Waals surface area contributed by atoms with Crippen LogP contribution in [0.25, 0.3) is 0 Å². The number of rotatable bonds is 5. The van der Waals surface area contributed by atoms with Crippen LogP contribution in [0, 0.1) is 0 Å². The summed E-state index contributed by atoms with van der Waals surface area (Å²) in [4.78, 5) is 8.75. The van der Waals surface area contributed by atoms with Gasteiger partial charge < -0.3 is 5.32 Å². The zero-order valence-corrected chi connectivity index (χ0v) is 11.4. The van der Waals surface area contributed by atoms with Crippen molar-refractivity contribution in [2.24, 2.45) is 0 Å². The number of anilines is 1. The lowest BCUT2D eigenvalue weighted by Crippen LogP contribution is -2.09. The van der Waals surface area contributed by atoms with Crippen molar-refractivity contribution in [2.45, 2.75) is 44.6 Å². The van der Waals surface area contributed by atoms with Gasteiger partial charge in [-0.25, -0.2) is 9.97 Å². The molecule has 0 aliphatic carbocycles. The third kappa shape index (κ3) is 5.35. The molecule has 0 aliphatic heterocycles. The smallest absolute Gasteiger partial charge is 0.140 e. The third-order valence-corrected chi connectivity index (χ3v) is 3.16. The lowest BCUT2D eigenvalue weighted by atomic mass is 10.3. The molecule has 4 heteroatoms. The number of nitrogens with one attached hydrogen (secondary N) is 1. The molecule has 1 rings (SSSR count). The number of hydrogen-bond acceptors (Lipinski definition) is 4. The lowest BCUT2D eigenvalue weighted by molar-refractivity contribution is 0.800. The molecular formula is C12H21N3S. The molecule has 0 aliphatic rings. The zero-order valence-electron chi connectivity index (χ0n) is 10.6. The Bertz CT molecular complexity index is 320. The molecule has 0 unspecified atom stereocenters. The molecule has 0 saturated heterocycles. The maximum absolute atomic E-state index is 4.47. The fraction of sp³-hybridized carbons (Fsp3) is 0.667. The number of hydrogen-bond donors (Lipinski definition) is 1. The number of aromatic nitrogens is 2. The van der Waals surface area contributed by atoms with Gasteiger partial charge in [0.2, 0.25) is 0 Å². The monoisotopic (exact) mass is 239 g/mol. The van der Waals surface area contributed by atoms with E-state index in [9.17, 15) is 0 Å². The van der Waals surface area contributed by atoms with Gasteiger partial charge in [-0.15, -0.1) is 11.8 Å². The molecule has 3 nitrogen and oxygen atoms in total. The molecule has 1 aromatic heterocycles. The molecule has 1 heterocycles. The molecule has 0 bridgehead atoms. The van der Waals surface area contributed by atoms with Crippen LogP contribution in [0.4, 0.5) is 5.82 Å². The number of nitrogens with zero attached hydrogens (tertiary/aromatic N) is 2. The van der Waals surface area contributed by atoms with Gasteiger partial charge >= 0.3 is 0 Å². The molecule has 0 aromatic carbocycles. The van der Waals surface area contributed by atoms with E-state index >= 15 is 0 Å². The van der Waals surface area contributed by atoms with E-state index in [0.717, 1.165) is 30.4 Å². The fourth-order valence-electron chi connectivity index (χ4n) is 1.10. The van der Waals surface area contributed by atoms with Crippen molar-refractivity contribution in [3.8, 4) is 0 Å². The van der Waals surface area contributed by atoms with Crippen LogP contribution in [0.2, 0.25) is 0 Å². The highest BCUT2D eigenvalue weighted by molar-refractivity contribution is 7.99. The number of thioether (sulfide) groups is 1. The lowest BCUT2D eigenvalue weighted by Gasteiger charge is -2.16. The molecule has 0 fully saturated rings. The van der Waals surface area contributed by atoms with Crippen molar-refractivity contribution >= 4 is 17.6 Å². The van der Waals surface area contributed by atoms with Crippen molar-refractivity contribution in [1.82, 2.24) is 9.97 Å². The molecule has 0 radical (unpaired) electrons. The van der Waals surface area contributed by atoms with E-state index in [-0.39, 0.29) is 4.75 Å². The predicted octanol–water partition coefficient (Wildman–Crippen LogP) is 3.33. The molecule has 0 amide bonds. The Morgan fingerprint density at radius 1 is 1.38 bits per heavy atom. The summed E-state index contributed by atoms with van der Waals surface area (Å²) < 4.78 is 0.260. The Labute approximate surface area is 102 Å². The van der Waals surface area contributed by atoms with Crippen LogP contribution in [0.5, 0.6) is 0 Å². The average Bonchev–Trinajstić information content (AvgIpc) is 2.23. The third-order valence-electron chi connectivity index (χ3n) is 1.90. The first-order valence-electron chi connectivity index (χ1n) is 5.71. The molecule has 1 aromatic rings. The summed E-state index contributed by atoms with van der Waals surface area (Å²) in [6.45, 7) is 9.72.